The van der Waals surface area contributed by atoms with Gasteiger partial charge >= 0.3 is 0 Å². The molecule has 2 aliphatic rings. The Morgan fingerprint density at radius 1 is 1.19 bits per heavy atom. The molecule has 0 atom stereocenters. The number of ether oxygens (including phenoxy) is 1. The number of hydrogen-bond acceptors (Lipinski definition) is 8. The molecular weight excluding hydrogens is 464 g/mol. The minimum absolute atomic E-state index is 0.208. The third-order valence-electron chi connectivity index (χ3n) is 7.48. The first kappa shape index (κ1) is 24.6. The SMILES string of the molecule is CCOc1cc(-c2nncn2C)ccc1NN1C=Cc2cc(C)nc(N3CCC(C#N)(CC)CC3)c2C1. The van der Waals surface area contributed by atoms with Gasteiger partial charge in [0.15, 0.2) is 5.82 Å². The van der Waals surface area contributed by atoms with E-state index in [0.717, 1.165) is 66.7 Å². The fraction of sp³-hybridized carbons (Fsp3) is 0.429. The van der Waals surface area contributed by atoms with Crippen molar-refractivity contribution in [1.82, 2.24) is 24.8 Å². The van der Waals surface area contributed by atoms with Crippen LogP contribution in [0.4, 0.5) is 11.5 Å². The van der Waals surface area contributed by atoms with Crippen LogP contribution in [0.3, 0.4) is 0 Å². The van der Waals surface area contributed by atoms with Crippen LogP contribution in [0, 0.1) is 23.7 Å². The smallest absolute Gasteiger partial charge is 0.163 e. The van der Waals surface area contributed by atoms with E-state index in [9.17, 15) is 5.26 Å². The molecule has 0 amide bonds. The molecule has 1 saturated heterocycles. The van der Waals surface area contributed by atoms with Gasteiger partial charge in [0.2, 0.25) is 0 Å². The van der Waals surface area contributed by atoms with E-state index in [2.05, 4.69) is 56.9 Å². The number of benzene rings is 1. The molecule has 0 radical (unpaired) electrons. The summed E-state index contributed by atoms with van der Waals surface area (Å²) in [5.41, 5.74) is 8.53. The van der Waals surface area contributed by atoms with Crippen LogP contribution in [0.25, 0.3) is 17.5 Å². The molecule has 0 spiro atoms. The van der Waals surface area contributed by atoms with Gasteiger partial charge in [-0.1, -0.05) is 6.92 Å². The number of aryl methyl sites for hydroxylation is 2. The van der Waals surface area contributed by atoms with Crippen LogP contribution < -0.4 is 15.1 Å². The summed E-state index contributed by atoms with van der Waals surface area (Å²) in [6.45, 7) is 9.06. The topological polar surface area (TPSA) is 95.1 Å². The van der Waals surface area contributed by atoms with Crippen molar-refractivity contribution >= 4 is 17.6 Å². The molecule has 0 bridgehead atoms. The van der Waals surface area contributed by atoms with E-state index in [1.54, 1.807) is 6.33 Å². The zero-order chi connectivity index (χ0) is 26.0. The molecule has 1 aromatic carbocycles. The van der Waals surface area contributed by atoms with Crippen LogP contribution in [0.5, 0.6) is 5.75 Å². The Balaban J connectivity index is 1.39. The lowest BCUT2D eigenvalue weighted by molar-refractivity contribution is 0.292. The Bertz CT molecular complexity index is 1350. The molecule has 2 aromatic heterocycles. The predicted octanol–water partition coefficient (Wildman–Crippen LogP) is 4.92. The monoisotopic (exact) mass is 498 g/mol. The normalized spacial score (nSPS) is 16.3. The number of rotatable bonds is 7. The Kier molecular flexibility index (Phi) is 6.74. The number of pyridine rings is 1. The van der Waals surface area contributed by atoms with Crippen molar-refractivity contribution in [2.75, 3.05) is 30.0 Å². The summed E-state index contributed by atoms with van der Waals surface area (Å²) in [5.74, 6) is 2.57. The lowest BCUT2D eigenvalue weighted by Crippen LogP contribution is -2.40. The van der Waals surface area contributed by atoms with E-state index in [1.807, 2.05) is 43.7 Å². The van der Waals surface area contributed by atoms with Gasteiger partial charge in [-0.25, -0.2) is 4.98 Å². The first-order valence-electron chi connectivity index (χ1n) is 12.9. The highest BCUT2D eigenvalue weighted by Gasteiger charge is 2.34. The maximum absolute atomic E-state index is 9.73. The highest BCUT2D eigenvalue weighted by Crippen LogP contribution is 2.38. The van der Waals surface area contributed by atoms with Gasteiger partial charge in [-0.2, -0.15) is 5.26 Å². The minimum Gasteiger partial charge on any atom is -0.492 e. The van der Waals surface area contributed by atoms with Crippen LogP contribution in [0.15, 0.2) is 36.8 Å². The van der Waals surface area contributed by atoms with Crippen molar-refractivity contribution in [3.8, 4) is 23.2 Å². The summed E-state index contributed by atoms with van der Waals surface area (Å²) in [6.07, 6.45) is 8.53. The maximum Gasteiger partial charge on any atom is 0.163 e. The standard InChI is InChI=1S/C28H34N8O/c1-5-28(18-29)10-13-35(14-11-28)27-23-17-36(12-9-21(23)15-20(3)31-27)33-24-8-7-22(16-25(24)37-6-2)26-32-30-19-34(26)4/h7-9,12,15-16,19,33H,5-6,10-11,13-14,17H2,1-4H3. The molecule has 0 saturated carbocycles. The second-order valence-corrected chi connectivity index (χ2v) is 9.85. The Labute approximate surface area is 218 Å². The Morgan fingerprint density at radius 2 is 2.00 bits per heavy atom. The fourth-order valence-electron chi connectivity index (χ4n) is 5.17. The van der Waals surface area contributed by atoms with Gasteiger partial charge in [0.25, 0.3) is 0 Å². The number of fused-ring (bicyclic) bond motifs is 1. The van der Waals surface area contributed by atoms with Gasteiger partial charge in [0.1, 0.15) is 17.9 Å². The molecule has 3 aromatic rings. The highest BCUT2D eigenvalue weighted by atomic mass is 16.5. The lowest BCUT2D eigenvalue weighted by atomic mass is 9.77. The van der Waals surface area contributed by atoms with Crippen LogP contribution >= 0.6 is 0 Å². The van der Waals surface area contributed by atoms with Gasteiger partial charge in [0, 0.05) is 43.2 Å². The van der Waals surface area contributed by atoms with Crippen LogP contribution in [-0.2, 0) is 13.6 Å². The van der Waals surface area contributed by atoms with Gasteiger partial charge < -0.3 is 14.2 Å². The molecule has 1 N–H and O–H groups in total. The van der Waals surface area contributed by atoms with Gasteiger partial charge in [-0.15, -0.1) is 10.2 Å². The Morgan fingerprint density at radius 3 is 2.68 bits per heavy atom. The summed E-state index contributed by atoms with van der Waals surface area (Å²) in [6, 6.07) is 10.8. The average molecular weight is 499 g/mol. The van der Waals surface area contributed by atoms with Crippen LogP contribution in [0.2, 0.25) is 0 Å². The van der Waals surface area contributed by atoms with Crippen LogP contribution in [-0.4, -0.2) is 44.5 Å². The summed E-state index contributed by atoms with van der Waals surface area (Å²) >= 11 is 0. The van der Waals surface area contributed by atoms with Crippen molar-refractivity contribution < 1.29 is 4.74 Å². The third-order valence-corrected chi connectivity index (χ3v) is 7.48. The molecule has 4 heterocycles. The largest absolute Gasteiger partial charge is 0.492 e. The lowest BCUT2D eigenvalue weighted by Gasteiger charge is -2.39. The Hall–Kier alpha value is -4.06. The number of hydrazine groups is 1. The predicted molar refractivity (Wildman–Crippen MR) is 145 cm³/mol. The van der Waals surface area contributed by atoms with Gasteiger partial charge in [-0.3, -0.25) is 10.4 Å². The van der Waals surface area contributed by atoms with E-state index in [4.69, 9.17) is 9.72 Å². The van der Waals surface area contributed by atoms with Gasteiger partial charge in [0.05, 0.1) is 30.3 Å². The van der Waals surface area contributed by atoms with Crippen molar-refractivity contribution in [2.45, 2.75) is 46.6 Å². The number of anilines is 2. The number of nitriles is 1. The van der Waals surface area contributed by atoms with Crippen molar-refractivity contribution in [2.24, 2.45) is 12.5 Å². The van der Waals surface area contributed by atoms with Crippen molar-refractivity contribution in [1.29, 1.82) is 5.26 Å². The molecule has 192 valence electrons. The summed E-state index contributed by atoms with van der Waals surface area (Å²) in [5, 5.41) is 20.0. The molecule has 1 fully saturated rings. The highest BCUT2D eigenvalue weighted by molar-refractivity contribution is 5.68. The summed E-state index contributed by atoms with van der Waals surface area (Å²) in [7, 11) is 1.93. The molecule has 5 rings (SSSR count). The fourth-order valence-corrected chi connectivity index (χ4v) is 5.17. The number of piperidine rings is 1. The molecule has 9 nitrogen and oxygen atoms in total. The van der Waals surface area contributed by atoms with E-state index in [-0.39, 0.29) is 5.41 Å². The second kappa shape index (κ2) is 10.1. The minimum atomic E-state index is -0.208. The van der Waals surface area contributed by atoms with E-state index < -0.39 is 0 Å². The number of hydrogen-bond donors (Lipinski definition) is 1. The average Bonchev–Trinajstić information content (AvgIpc) is 3.35. The first-order chi connectivity index (χ1) is 17.9. The molecule has 0 aliphatic carbocycles. The van der Waals surface area contributed by atoms with Crippen LogP contribution in [0.1, 0.15) is 49.9 Å². The van der Waals surface area contributed by atoms with Gasteiger partial charge in [-0.05, 0) is 69.0 Å². The first-order valence-corrected chi connectivity index (χ1v) is 12.9. The molecule has 9 heteroatoms. The van der Waals surface area contributed by atoms with E-state index in [0.29, 0.717) is 13.2 Å². The van der Waals surface area contributed by atoms with E-state index >= 15 is 0 Å². The number of nitrogens with one attached hydrogen (secondary N) is 1. The number of aromatic nitrogens is 4. The second-order valence-electron chi connectivity index (χ2n) is 9.85. The molecular formula is C28H34N8O. The molecule has 37 heavy (non-hydrogen) atoms. The number of nitrogens with zero attached hydrogens (tertiary/aromatic N) is 7. The van der Waals surface area contributed by atoms with Crippen molar-refractivity contribution in [3.63, 3.8) is 0 Å². The maximum atomic E-state index is 9.73. The van der Waals surface area contributed by atoms with Crippen molar-refractivity contribution in [3.05, 3.63) is 53.6 Å². The third kappa shape index (κ3) is 4.84. The molecule has 0 unspecified atom stereocenters. The summed E-state index contributed by atoms with van der Waals surface area (Å²) in [4.78, 5) is 7.32. The molecule has 2 aliphatic heterocycles. The van der Waals surface area contributed by atoms with E-state index in [1.165, 1.54) is 11.1 Å². The summed E-state index contributed by atoms with van der Waals surface area (Å²) < 4.78 is 7.87. The zero-order valence-corrected chi connectivity index (χ0v) is 22.0. The zero-order valence-electron chi connectivity index (χ0n) is 22.0. The quantitative estimate of drug-likeness (QED) is 0.491.